The molecule has 0 fully saturated rings. The Bertz CT molecular complexity index is 652. The van der Waals surface area contributed by atoms with Crippen molar-refractivity contribution in [3.63, 3.8) is 0 Å². The van der Waals surface area contributed by atoms with Crippen LogP contribution in [0.2, 0.25) is 0 Å². The predicted molar refractivity (Wildman–Crippen MR) is 99.1 cm³/mol. The van der Waals surface area contributed by atoms with Crippen LogP contribution in [-0.2, 0) is 0 Å². The summed E-state index contributed by atoms with van der Waals surface area (Å²) in [5.41, 5.74) is 1.05. The van der Waals surface area contributed by atoms with E-state index in [1.54, 1.807) is 36.4 Å². The van der Waals surface area contributed by atoms with Gasteiger partial charge in [-0.3, -0.25) is 0 Å². The van der Waals surface area contributed by atoms with Crippen molar-refractivity contribution in [2.75, 3.05) is 13.2 Å². The molecule has 5 nitrogen and oxygen atoms in total. The fourth-order valence-electron chi connectivity index (χ4n) is 2.20. The third-order valence-electron chi connectivity index (χ3n) is 3.59. The van der Waals surface area contributed by atoms with E-state index in [-0.39, 0.29) is 0 Å². The molecular formula is C20H26N2O3. The molecule has 2 aromatic carbocycles. The zero-order valence-electron chi connectivity index (χ0n) is 15.0. The molecule has 0 unspecified atom stereocenters. The first-order valence-electron chi connectivity index (χ1n) is 8.87. The maximum Gasteiger partial charge on any atom is 0.245 e. The molecule has 134 valence electrons. The third-order valence-corrected chi connectivity index (χ3v) is 3.59. The normalized spacial score (nSPS) is 11.4. The van der Waals surface area contributed by atoms with Crippen molar-refractivity contribution in [2.24, 2.45) is 5.11 Å². The third kappa shape index (κ3) is 6.45. The van der Waals surface area contributed by atoms with Crippen LogP contribution in [0.15, 0.2) is 53.6 Å². The Labute approximate surface area is 149 Å². The van der Waals surface area contributed by atoms with Crippen LogP contribution in [0.4, 0.5) is 11.4 Å². The number of rotatable bonds is 10. The highest BCUT2D eigenvalue weighted by Crippen LogP contribution is 2.22. The van der Waals surface area contributed by atoms with Gasteiger partial charge >= 0.3 is 0 Å². The Balaban J connectivity index is 1.94. The Hall–Kier alpha value is -2.56. The van der Waals surface area contributed by atoms with Gasteiger partial charge in [0.15, 0.2) is 0 Å². The monoisotopic (exact) mass is 342 g/mol. The first kappa shape index (κ1) is 18.8. The Morgan fingerprint density at radius 3 is 2.00 bits per heavy atom. The largest absolute Gasteiger partial charge is 0.594 e. The highest BCUT2D eigenvalue weighted by molar-refractivity contribution is 5.41. The van der Waals surface area contributed by atoms with Crippen LogP contribution in [0.3, 0.4) is 0 Å². The number of ether oxygens (including phenoxy) is 2. The van der Waals surface area contributed by atoms with Gasteiger partial charge in [-0.2, -0.15) is 0 Å². The summed E-state index contributed by atoms with van der Waals surface area (Å²) in [5.74, 6) is 1.55. The summed E-state index contributed by atoms with van der Waals surface area (Å²) < 4.78 is 11.2. The summed E-state index contributed by atoms with van der Waals surface area (Å²) in [6.07, 6.45) is 4.34. The maximum atomic E-state index is 12.1. The fraction of sp³-hybridized carbons (Fsp3) is 0.400. The SMILES string of the molecule is CCCCCOc1ccc(N=[N+]([O-])c2ccc(OCCC)cc2)cc1. The molecule has 0 atom stereocenters. The minimum absolute atomic E-state index is 0.462. The van der Waals surface area contributed by atoms with E-state index >= 15 is 0 Å². The van der Waals surface area contributed by atoms with Crippen molar-refractivity contribution in [1.29, 1.82) is 0 Å². The molecule has 0 heterocycles. The van der Waals surface area contributed by atoms with Crippen LogP contribution in [-0.4, -0.2) is 18.1 Å². The van der Waals surface area contributed by atoms with Crippen LogP contribution < -0.4 is 9.47 Å². The summed E-state index contributed by atoms with van der Waals surface area (Å²) in [7, 11) is 0. The Kier molecular flexibility index (Phi) is 7.76. The average Bonchev–Trinajstić information content (AvgIpc) is 2.65. The standard InChI is InChI=1S/C20H26N2O3/c1-3-5-6-16-25-19-11-7-17(8-12-19)21-22(23)18-9-13-20(14-10-18)24-15-4-2/h7-14H,3-6,15-16H2,1-2H3. The molecule has 0 aliphatic heterocycles. The lowest BCUT2D eigenvalue weighted by molar-refractivity contribution is -0.435. The van der Waals surface area contributed by atoms with Crippen molar-refractivity contribution < 1.29 is 14.3 Å². The predicted octanol–water partition coefficient (Wildman–Crippen LogP) is 5.97. The molecule has 0 saturated heterocycles. The molecule has 0 radical (unpaired) electrons. The maximum absolute atomic E-state index is 12.1. The molecular weight excluding hydrogens is 316 g/mol. The summed E-state index contributed by atoms with van der Waals surface area (Å²) in [6, 6.07) is 14.2. The van der Waals surface area contributed by atoms with Crippen molar-refractivity contribution in [3.05, 3.63) is 53.7 Å². The molecule has 2 aromatic rings. The van der Waals surface area contributed by atoms with E-state index in [4.69, 9.17) is 9.47 Å². The minimum Gasteiger partial charge on any atom is -0.594 e. The lowest BCUT2D eigenvalue weighted by Crippen LogP contribution is -1.96. The summed E-state index contributed by atoms with van der Waals surface area (Å²) in [5, 5.41) is 16.2. The summed E-state index contributed by atoms with van der Waals surface area (Å²) >= 11 is 0. The molecule has 0 aliphatic rings. The number of hydrogen-bond acceptors (Lipinski definition) is 4. The second-order valence-corrected chi connectivity index (χ2v) is 5.76. The van der Waals surface area contributed by atoms with Crippen LogP contribution in [0.25, 0.3) is 0 Å². The second kappa shape index (κ2) is 10.3. The van der Waals surface area contributed by atoms with Crippen molar-refractivity contribution in [3.8, 4) is 11.5 Å². The topological polar surface area (TPSA) is 56.9 Å². The van der Waals surface area contributed by atoms with E-state index in [0.717, 1.165) is 24.3 Å². The Morgan fingerprint density at radius 1 is 0.800 bits per heavy atom. The first-order chi connectivity index (χ1) is 12.2. The zero-order valence-corrected chi connectivity index (χ0v) is 15.0. The summed E-state index contributed by atoms with van der Waals surface area (Å²) in [4.78, 5) is 0.612. The van der Waals surface area contributed by atoms with Crippen LogP contribution in [0, 0.1) is 5.21 Å². The van der Waals surface area contributed by atoms with E-state index in [9.17, 15) is 5.21 Å². The molecule has 0 saturated carbocycles. The molecule has 0 bridgehead atoms. The zero-order chi connectivity index (χ0) is 17.9. The summed E-state index contributed by atoms with van der Waals surface area (Å²) in [6.45, 7) is 5.59. The molecule has 0 amide bonds. The fourth-order valence-corrected chi connectivity index (χ4v) is 2.20. The van der Waals surface area contributed by atoms with E-state index in [1.165, 1.54) is 12.8 Å². The number of azo groups is 1. The van der Waals surface area contributed by atoms with Crippen LogP contribution in [0.5, 0.6) is 11.5 Å². The lowest BCUT2D eigenvalue weighted by atomic mass is 10.2. The number of hydrogen-bond donors (Lipinski definition) is 0. The van der Waals surface area contributed by atoms with Gasteiger partial charge in [-0.15, -0.1) is 0 Å². The van der Waals surface area contributed by atoms with E-state index in [1.807, 2.05) is 19.1 Å². The van der Waals surface area contributed by atoms with E-state index < -0.39 is 0 Å². The second-order valence-electron chi connectivity index (χ2n) is 5.76. The van der Waals surface area contributed by atoms with Gasteiger partial charge in [-0.05, 0) is 49.2 Å². The van der Waals surface area contributed by atoms with Gasteiger partial charge in [-0.1, -0.05) is 31.5 Å². The first-order valence-corrected chi connectivity index (χ1v) is 8.87. The smallest absolute Gasteiger partial charge is 0.245 e. The van der Waals surface area contributed by atoms with Crippen molar-refractivity contribution in [1.82, 2.24) is 0 Å². The molecule has 2 rings (SSSR count). The molecule has 0 spiro atoms. The molecule has 0 aliphatic carbocycles. The van der Waals surface area contributed by atoms with Gasteiger partial charge in [0.2, 0.25) is 5.69 Å². The van der Waals surface area contributed by atoms with Gasteiger partial charge in [0, 0.05) is 17.2 Å². The van der Waals surface area contributed by atoms with Gasteiger partial charge in [0.1, 0.15) is 17.2 Å². The molecule has 0 aromatic heterocycles. The number of unbranched alkanes of at least 4 members (excludes halogenated alkanes) is 2. The lowest BCUT2D eigenvalue weighted by Gasteiger charge is -2.06. The van der Waals surface area contributed by atoms with Gasteiger partial charge in [0.25, 0.3) is 0 Å². The highest BCUT2D eigenvalue weighted by atomic mass is 16.5. The van der Waals surface area contributed by atoms with Crippen molar-refractivity contribution in [2.45, 2.75) is 39.5 Å². The number of nitrogens with zero attached hydrogens (tertiary/aromatic N) is 2. The van der Waals surface area contributed by atoms with Gasteiger partial charge in [0.05, 0.1) is 13.2 Å². The minimum atomic E-state index is 0.462. The molecule has 5 heteroatoms. The molecule has 25 heavy (non-hydrogen) atoms. The van der Waals surface area contributed by atoms with Crippen LogP contribution in [0.1, 0.15) is 39.5 Å². The number of benzene rings is 2. The van der Waals surface area contributed by atoms with Gasteiger partial charge in [-0.25, -0.2) is 0 Å². The Morgan fingerprint density at radius 2 is 1.40 bits per heavy atom. The molecule has 0 N–H and O–H groups in total. The van der Waals surface area contributed by atoms with E-state index in [0.29, 0.717) is 29.4 Å². The average molecular weight is 342 g/mol. The quantitative estimate of drug-likeness (QED) is 0.231. The van der Waals surface area contributed by atoms with Crippen molar-refractivity contribution >= 4 is 11.4 Å². The highest BCUT2D eigenvalue weighted by Gasteiger charge is 2.05. The van der Waals surface area contributed by atoms with Crippen LogP contribution >= 0.6 is 0 Å². The van der Waals surface area contributed by atoms with Gasteiger partial charge < -0.3 is 14.7 Å². The van der Waals surface area contributed by atoms with E-state index in [2.05, 4.69) is 12.0 Å².